The molecule has 1 atom stereocenters. The van der Waals surface area contributed by atoms with Crippen molar-refractivity contribution >= 4 is 11.6 Å². The van der Waals surface area contributed by atoms with Gasteiger partial charge >= 0.3 is 0 Å². The second kappa shape index (κ2) is 8.36. The Morgan fingerprint density at radius 3 is 2.50 bits per heavy atom. The molecule has 1 aromatic heterocycles. The van der Waals surface area contributed by atoms with E-state index in [4.69, 9.17) is 4.42 Å². The molecule has 0 unspecified atom stereocenters. The average molecular weight is 359 g/mol. The van der Waals surface area contributed by atoms with Gasteiger partial charge in [-0.3, -0.25) is 9.69 Å². The topological polar surface area (TPSA) is 48.7 Å². The van der Waals surface area contributed by atoms with Gasteiger partial charge in [-0.05, 0) is 49.7 Å². The third-order valence-corrected chi connectivity index (χ3v) is 4.82. The Morgan fingerprint density at radius 1 is 1.15 bits per heavy atom. The van der Waals surface area contributed by atoms with Gasteiger partial charge in [0.2, 0.25) is 0 Å². The van der Waals surface area contributed by atoms with E-state index >= 15 is 0 Å². The van der Waals surface area contributed by atoms with E-state index in [9.17, 15) is 9.18 Å². The number of amides is 1. The number of nitrogens with zero attached hydrogens (tertiary/aromatic N) is 2. The molecule has 26 heavy (non-hydrogen) atoms. The zero-order valence-electron chi connectivity index (χ0n) is 15.4. The van der Waals surface area contributed by atoms with Crippen molar-refractivity contribution in [1.29, 1.82) is 0 Å². The summed E-state index contributed by atoms with van der Waals surface area (Å²) in [6, 6.07) is 10.4. The molecule has 0 spiro atoms. The fourth-order valence-electron chi connectivity index (χ4n) is 3.02. The van der Waals surface area contributed by atoms with Gasteiger partial charge in [-0.15, -0.1) is 0 Å². The lowest BCUT2D eigenvalue weighted by molar-refractivity contribution is 0.0907. The fourth-order valence-corrected chi connectivity index (χ4v) is 3.02. The number of furan rings is 1. The molecule has 1 saturated heterocycles. The van der Waals surface area contributed by atoms with Crippen LogP contribution in [-0.2, 0) is 6.54 Å². The number of nitrogens with one attached hydrogen (secondary N) is 1. The lowest BCUT2D eigenvalue weighted by atomic mass is 10.2. The van der Waals surface area contributed by atoms with E-state index < -0.39 is 0 Å². The Hall–Kier alpha value is -2.34. The Morgan fingerprint density at radius 2 is 1.85 bits per heavy atom. The first-order valence-electron chi connectivity index (χ1n) is 9.17. The highest BCUT2D eigenvalue weighted by atomic mass is 19.1. The van der Waals surface area contributed by atoms with Crippen molar-refractivity contribution in [3.8, 4) is 0 Å². The van der Waals surface area contributed by atoms with Crippen LogP contribution < -0.4 is 10.2 Å². The van der Waals surface area contributed by atoms with Gasteiger partial charge in [0.1, 0.15) is 11.6 Å². The number of carbonyl (C=O) groups excluding carboxylic acids is 1. The van der Waals surface area contributed by atoms with Crippen LogP contribution in [0.5, 0.6) is 0 Å². The van der Waals surface area contributed by atoms with Gasteiger partial charge in [-0.2, -0.15) is 0 Å². The van der Waals surface area contributed by atoms with Crippen LogP contribution in [0.15, 0.2) is 40.8 Å². The van der Waals surface area contributed by atoms with Gasteiger partial charge in [0.05, 0.1) is 6.54 Å². The van der Waals surface area contributed by atoms with E-state index in [-0.39, 0.29) is 17.8 Å². The maximum absolute atomic E-state index is 13.0. The Kier molecular flexibility index (Phi) is 5.93. The average Bonchev–Trinajstić information content (AvgIpc) is 3.11. The molecule has 0 bridgehead atoms. The molecule has 140 valence electrons. The smallest absolute Gasteiger partial charge is 0.287 e. The minimum Gasteiger partial charge on any atom is -0.455 e. The summed E-state index contributed by atoms with van der Waals surface area (Å²) in [5, 5.41) is 2.91. The maximum Gasteiger partial charge on any atom is 0.287 e. The summed E-state index contributed by atoms with van der Waals surface area (Å²) in [6.07, 6.45) is 0.887. The number of carbonyl (C=O) groups is 1. The molecule has 1 aliphatic rings. The second-order valence-electron chi connectivity index (χ2n) is 6.79. The van der Waals surface area contributed by atoms with Gasteiger partial charge in [0.15, 0.2) is 5.76 Å². The number of hydrogen-bond donors (Lipinski definition) is 1. The van der Waals surface area contributed by atoms with Gasteiger partial charge < -0.3 is 14.6 Å². The van der Waals surface area contributed by atoms with Crippen molar-refractivity contribution in [3.05, 3.63) is 53.7 Å². The minimum atomic E-state index is -0.210. The number of hydrogen-bond acceptors (Lipinski definition) is 4. The second-order valence-corrected chi connectivity index (χ2v) is 6.79. The SMILES string of the molecule is CC[C@@H](C)NC(=O)c1ccc(CN2CCN(c3ccc(F)cc3)CC2)o1. The Balaban J connectivity index is 1.50. The number of anilines is 1. The molecule has 1 amide bonds. The predicted octanol–water partition coefficient (Wildman–Crippen LogP) is 3.27. The van der Waals surface area contributed by atoms with Gasteiger partial charge in [0.25, 0.3) is 5.91 Å². The molecule has 0 radical (unpaired) electrons. The molecule has 0 aliphatic carbocycles. The maximum atomic E-state index is 13.0. The molecule has 2 aromatic rings. The Labute approximate surface area is 153 Å². The van der Waals surface area contributed by atoms with Crippen LogP contribution in [0, 0.1) is 5.82 Å². The molecule has 3 rings (SSSR count). The number of piperazine rings is 1. The van der Waals surface area contributed by atoms with Crippen LogP contribution in [0.3, 0.4) is 0 Å². The summed E-state index contributed by atoms with van der Waals surface area (Å²) >= 11 is 0. The van der Waals surface area contributed by atoms with Crippen LogP contribution >= 0.6 is 0 Å². The molecule has 1 aromatic carbocycles. The van der Waals surface area contributed by atoms with Gasteiger partial charge in [-0.1, -0.05) is 6.92 Å². The molecular formula is C20H26FN3O2. The molecule has 1 N–H and O–H groups in total. The third-order valence-electron chi connectivity index (χ3n) is 4.82. The van der Waals surface area contributed by atoms with E-state index in [2.05, 4.69) is 15.1 Å². The van der Waals surface area contributed by atoms with Crippen LogP contribution in [0.1, 0.15) is 36.6 Å². The van der Waals surface area contributed by atoms with Crippen LogP contribution in [0.2, 0.25) is 0 Å². The molecule has 5 nitrogen and oxygen atoms in total. The molecule has 1 aliphatic heterocycles. The highest BCUT2D eigenvalue weighted by Crippen LogP contribution is 2.18. The van der Waals surface area contributed by atoms with Gasteiger partial charge in [0, 0.05) is 37.9 Å². The van der Waals surface area contributed by atoms with Crippen molar-refractivity contribution in [3.63, 3.8) is 0 Å². The number of benzene rings is 1. The molecule has 0 saturated carbocycles. The lowest BCUT2D eigenvalue weighted by Gasteiger charge is -2.35. The molecule has 1 fully saturated rings. The quantitative estimate of drug-likeness (QED) is 0.860. The van der Waals surface area contributed by atoms with Crippen LogP contribution in [-0.4, -0.2) is 43.0 Å². The van der Waals surface area contributed by atoms with Crippen molar-refractivity contribution in [2.24, 2.45) is 0 Å². The summed E-state index contributed by atoms with van der Waals surface area (Å²) in [7, 11) is 0. The standard InChI is InChI=1S/C20H26FN3O2/c1-3-15(2)22-20(25)19-9-8-18(26-19)14-23-10-12-24(13-11-23)17-6-4-16(21)5-7-17/h4-9,15H,3,10-14H2,1-2H3,(H,22,25)/t15-/m1/s1. The number of halogens is 1. The molecule has 2 heterocycles. The van der Waals surface area contributed by atoms with E-state index in [0.717, 1.165) is 44.0 Å². The lowest BCUT2D eigenvalue weighted by Crippen LogP contribution is -2.45. The van der Waals surface area contributed by atoms with E-state index in [1.54, 1.807) is 6.07 Å². The van der Waals surface area contributed by atoms with E-state index in [1.807, 2.05) is 32.0 Å². The number of rotatable bonds is 6. The van der Waals surface area contributed by atoms with Crippen molar-refractivity contribution in [2.75, 3.05) is 31.1 Å². The van der Waals surface area contributed by atoms with Crippen molar-refractivity contribution in [2.45, 2.75) is 32.9 Å². The predicted molar refractivity (Wildman–Crippen MR) is 99.8 cm³/mol. The van der Waals surface area contributed by atoms with Gasteiger partial charge in [-0.25, -0.2) is 4.39 Å². The summed E-state index contributed by atoms with van der Waals surface area (Å²) < 4.78 is 18.8. The first kappa shape index (κ1) is 18.5. The van der Waals surface area contributed by atoms with E-state index in [0.29, 0.717) is 12.3 Å². The first-order chi connectivity index (χ1) is 12.5. The molecule has 6 heteroatoms. The van der Waals surface area contributed by atoms with Crippen LogP contribution in [0.4, 0.5) is 10.1 Å². The highest BCUT2D eigenvalue weighted by Gasteiger charge is 2.19. The first-order valence-corrected chi connectivity index (χ1v) is 9.17. The highest BCUT2D eigenvalue weighted by molar-refractivity contribution is 5.91. The zero-order valence-corrected chi connectivity index (χ0v) is 15.4. The minimum absolute atomic E-state index is 0.135. The largest absolute Gasteiger partial charge is 0.455 e. The summed E-state index contributed by atoms with van der Waals surface area (Å²) in [6.45, 7) is 8.25. The third kappa shape index (κ3) is 4.64. The monoisotopic (exact) mass is 359 g/mol. The summed E-state index contributed by atoms with van der Waals surface area (Å²) in [4.78, 5) is 16.6. The van der Waals surface area contributed by atoms with Crippen molar-refractivity contribution < 1.29 is 13.6 Å². The normalized spacial score (nSPS) is 16.5. The zero-order chi connectivity index (χ0) is 18.5. The van der Waals surface area contributed by atoms with Crippen LogP contribution in [0.25, 0.3) is 0 Å². The van der Waals surface area contributed by atoms with E-state index in [1.165, 1.54) is 12.1 Å². The summed E-state index contributed by atoms with van der Waals surface area (Å²) in [5.74, 6) is 0.796. The van der Waals surface area contributed by atoms with Crippen molar-refractivity contribution in [1.82, 2.24) is 10.2 Å². The summed E-state index contributed by atoms with van der Waals surface area (Å²) in [5.41, 5.74) is 1.05. The fraction of sp³-hybridized carbons (Fsp3) is 0.450. The Bertz CT molecular complexity index is 721. The molecular weight excluding hydrogens is 333 g/mol.